The molecular weight excluding hydrogens is 256 g/mol. The molecule has 1 saturated heterocycles. The van der Waals surface area contributed by atoms with E-state index in [4.69, 9.17) is 4.74 Å². The Kier molecular flexibility index (Phi) is 5.55. The highest BCUT2D eigenvalue weighted by molar-refractivity contribution is 7.89. The molecule has 0 radical (unpaired) electrons. The van der Waals surface area contributed by atoms with Crippen LogP contribution in [0.1, 0.15) is 13.3 Å². The molecule has 1 N–H and O–H groups in total. The van der Waals surface area contributed by atoms with Crippen molar-refractivity contribution in [2.75, 3.05) is 39.6 Å². The number of nitrogens with one attached hydrogen (secondary N) is 1. The first kappa shape index (κ1) is 15.4. The Labute approximate surface area is 109 Å². The van der Waals surface area contributed by atoms with Crippen LogP contribution in [0.15, 0.2) is 0 Å². The zero-order chi connectivity index (χ0) is 13.8. The summed E-state index contributed by atoms with van der Waals surface area (Å²) in [5.74, 6) is -0.373. The average molecular weight is 278 g/mol. The minimum atomic E-state index is -3.24. The third-order valence-corrected chi connectivity index (χ3v) is 5.24. The van der Waals surface area contributed by atoms with Gasteiger partial charge in [-0.15, -0.1) is 0 Å². The van der Waals surface area contributed by atoms with E-state index in [1.54, 1.807) is 14.2 Å². The minimum absolute atomic E-state index is 0.0680. The highest BCUT2D eigenvalue weighted by atomic mass is 32.2. The number of sulfonamides is 1. The van der Waals surface area contributed by atoms with Gasteiger partial charge >= 0.3 is 0 Å². The van der Waals surface area contributed by atoms with Gasteiger partial charge in [0.15, 0.2) is 0 Å². The lowest BCUT2D eigenvalue weighted by atomic mass is 9.96. The zero-order valence-electron chi connectivity index (χ0n) is 11.2. The van der Waals surface area contributed by atoms with E-state index < -0.39 is 10.0 Å². The van der Waals surface area contributed by atoms with Crippen molar-refractivity contribution >= 4 is 15.9 Å². The summed E-state index contributed by atoms with van der Waals surface area (Å²) in [6.45, 7) is 2.86. The summed E-state index contributed by atoms with van der Waals surface area (Å²) in [4.78, 5) is 11.7. The molecule has 1 aliphatic heterocycles. The van der Waals surface area contributed by atoms with E-state index in [-0.39, 0.29) is 30.0 Å². The SMILES string of the molecule is CCCS(=O)(=O)N1C[C@@H](COC)[C@H](C(=O)NC)C1. The van der Waals surface area contributed by atoms with Gasteiger partial charge in [0.05, 0.1) is 18.3 Å². The number of nitrogens with zero attached hydrogens (tertiary/aromatic N) is 1. The highest BCUT2D eigenvalue weighted by Gasteiger charge is 2.41. The van der Waals surface area contributed by atoms with Gasteiger partial charge in [0.25, 0.3) is 0 Å². The molecule has 106 valence electrons. The van der Waals surface area contributed by atoms with Crippen LogP contribution < -0.4 is 5.32 Å². The second-order valence-corrected chi connectivity index (χ2v) is 6.66. The topological polar surface area (TPSA) is 75.7 Å². The number of carbonyl (C=O) groups excluding carboxylic acids is 1. The van der Waals surface area contributed by atoms with Crippen molar-refractivity contribution in [2.45, 2.75) is 13.3 Å². The maximum atomic E-state index is 12.0. The van der Waals surface area contributed by atoms with Crippen LogP contribution in [-0.4, -0.2) is 58.2 Å². The van der Waals surface area contributed by atoms with Crippen LogP contribution in [0.2, 0.25) is 0 Å². The van der Waals surface area contributed by atoms with Crippen molar-refractivity contribution in [3.8, 4) is 0 Å². The van der Waals surface area contributed by atoms with Gasteiger partial charge in [0, 0.05) is 33.2 Å². The highest BCUT2D eigenvalue weighted by Crippen LogP contribution is 2.26. The molecule has 0 saturated carbocycles. The number of ether oxygens (including phenoxy) is 1. The number of methoxy groups -OCH3 is 1. The second kappa shape index (κ2) is 6.49. The van der Waals surface area contributed by atoms with Crippen molar-refractivity contribution in [1.82, 2.24) is 9.62 Å². The maximum Gasteiger partial charge on any atom is 0.224 e. The Hall–Kier alpha value is -0.660. The normalized spacial score (nSPS) is 25.3. The molecule has 0 aliphatic carbocycles. The standard InChI is InChI=1S/C11H22N2O4S/c1-4-5-18(15,16)13-6-9(8-17-3)10(7-13)11(14)12-2/h9-10H,4-8H2,1-3H3,(H,12,14)/t9-,10+/m0/s1. The van der Waals surface area contributed by atoms with Crippen molar-refractivity contribution < 1.29 is 17.9 Å². The second-order valence-electron chi connectivity index (χ2n) is 4.57. The van der Waals surface area contributed by atoms with E-state index in [0.717, 1.165) is 0 Å². The summed E-state index contributed by atoms with van der Waals surface area (Å²) in [5.41, 5.74) is 0. The monoisotopic (exact) mass is 278 g/mol. The molecule has 1 fully saturated rings. The third-order valence-electron chi connectivity index (χ3n) is 3.23. The minimum Gasteiger partial charge on any atom is -0.384 e. The molecule has 0 aromatic heterocycles. The first-order chi connectivity index (χ1) is 8.46. The summed E-state index contributed by atoms with van der Waals surface area (Å²) in [5, 5.41) is 2.58. The largest absolute Gasteiger partial charge is 0.384 e. The fraction of sp³-hybridized carbons (Fsp3) is 0.909. The van der Waals surface area contributed by atoms with Gasteiger partial charge in [-0.25, -0.2) is 12.7 Å². The Bertz CT molecular complexity index is 383. The Morgan fingerprint density at radius 1 is 1.44 bits per heavy atom. The lowest BCUT2D eigenvalue weighted by Crippen LogP contribution is -2.35. The lowest BCUT2D eigenvalue weighted by Gasteiger charge is -2.15. The number of hydrogen-bond donors (Lipinski definition) is 1. The van der Waals surface area contributed by atoms with Gasteiger partial charge in [0.1, 0.15) is 0 Å². The molecule has 0 bridgehead atoms. The fourth-order valence-electron chi connectivity index (χ4n) is 2.31. The Morgan fingerprint density at radius 2 is 2.11 bits per heavy atom. The first-order valence-corrected chi connectivity index (χ1v) is 7.75. The van der Waals surface area contributed by atoms with Crippen molar-refractivity contribution in [2.24, 2.45) is 11.8 Å². The van der Waals surface area contributed by atoms with Crippen molar-refractivity contribution in [3.05, 3.63) is 0 Å². The molecule has 0 spiro atoms. The summed E-state index contributed by atoms with van der Waals surface area (Å²) in [7, 11) is -0.114. The number of carbonyl (C=O) groups is 1. The van der Waals surface area contributed by atoms with E-state index in [9.17, 15) is 13.2 Å². The molecule has 1 rings (SSSR count). The van der Waals surface area contributed by atoms with Crippen LogP contribution >= 0.6 is 0 Å². The van der Waals surface area contributed by atoms with E-state index in [1.165, 1.54) is 4.31 Å². The first-order valence-electron chi connectivity index (χ1n) is 6.14. The van der Waals surface area contributed by atoms with Gasteiger partial charge in [-0.1, -0.05) is 6.92 Å². The van der Waals surface area contributed by atoms with Gasteiger partial charge in [0.2, 0.25) is 15.9 Å². The molecule has 0 unspecified atom stereocenters. The van der Waals surface area contributed by atoms with Crippen LogP contribution in [0.5, 0.6) is 0 Å². The fourth-order valence-corrected chi connectivity index (χ4v) is 3.89. The lowest BCUT2D eigenvalue weighted by molar-refractivity contribution is -0.125. The van der Waals surface area contributed by atoms with E-state index in [0.29, 0.717) is 19.6 Å². The summed E-state index contributed by atoms with van der Waals surface area (Å²) >= 11 is 0. The number of hydrogen-bond acceptors (Lipinski definition) is 4. The predicted molar refractivity (Wildman–Crippen MR) is 68.6 cm³/mol. The molecule has 0 aromatic carbocycles. The Balaban J connectivity index is 2.81. The van der Waals surface area contributed by atoms with E-state index in [2.05, 4.69) is 5.32 Å². The average Bonchev–Trinajstić information content (AvgIpc) is 2.73. The van der Waals surface area contributed by atoms with E-state index >= 15 is 0 Å². The molecular formula is C11H22N2O4S. The number of rotatable bonds is 6. The molecule has 0 aromatic rings. The molecule has 1 aliphatic rings. The smallest absolute Gasteiger partial charge is 0.224 e. The summed E-state index contributed by atoms with van der Waals surface area (Å²) in [6, 6.07) is 0. The van der Waals surface area contributed by atoms with Gasteiger partial charge in [-0.3, -0.25) is 4.79 Å². The predicted octanol–water partition coefficient (Wildman–Crippen LogP) is -0.333. The summed E-state index contributed by atoms with van der Waals surface area (Å²) in [6.07, 6.45) is 0.582. The quantitative estimate of drug-likeness (QED) is 0.721. The van der Waals surface area contributed by atoms with Crippen LogP contribution in [0.4, 0.5) is 0 Å². The molecule has 6 nitrogen and oxygen atoms in total. The zero-order valence-corrected chi connectivity index (χ0v) is 12.0. The molecule has 1 heterocycles. The number of amides is 1. The van der Waals surface area contributed by atoms with Crippen LogP contribution in [0.3, 0.4) is 0 Å². The van der Waals surface area contributed by atoms with Gasteiger partial charge in [-0.05, 0) is 6.42 Å². The van der Waals surface area contributed by atoms with E-state index in [1.807, 2.05) is 6.92 Å². The molecule has 7 heteroatoms. The van der Waals surface area contributed by atoms with Crippen LogP contribution in [-0.2, 0) is 19.6 Å². The van der Waals surface area contributed by atoms with Crippen molar-refractivity contribution in [1.29, 1.82) is 0 Å². The molecule has 18 heavy (non-hydrogen) atoms. The molecule has 1 amide bonds. The van der Waals surface area contributed by atoms with Crippen LogP contribution in [0, 0.1) is 11.8 Å². The molecule has 2 atom stereocenters. The van der Waals surface area contributed by atoms with Crippen molar-refractivity contribution in [3.63, 3.8) is 0 Å². The van der Waals surface area contributed by atoms with Gasteiger partial charge in [-0.2, -0.15) is 0 Å². The van der Waals surface area contributed by atoms with Crippen LogP contribution in [0.25, 0.3) is 0 Å². The third kappa shape index (κ3) is 3.43. The Morgan fingerprint density at radius 3 is 2.61 bits per heavy atom. The van der Waals surface area contributed by atoms with Gasteiger partial charge < -0.3 is 10.1 Å². The maximum absolute atomic E-state index is 12.0. The summed E-state index contributed by atoms with van der Waals surface area (Å²) < 4.78 is 30.5.